The molecular weight excluding hydrogens is 478 g/mol. The third-order valence-corrected chi connectivity index (χ3v) is 5.59. The van der Waals surface area contributed by atoms with Crippen LogP contribution >= 0.6 is 0 Å². The zero-order valence-corrected chi connectivity index (χ0v) is 21.1. The molecule has 0 radical (unpaired) electrons. The van der Waals surface area contributed by atoms with Gasteiger partial charge in [-0.05, 0) is 6.42 Å². The van der Waals surface area contributed by atoms with Gasteiger partial charge in [-0.1, -0.05) is 0 Å². The highest BCUT2D eigenvalue weighted by atomic mass is 16.5. The Morgan fingerprint density at radius 2 is 1.03 bits per heavy atom. The summed E-state index contributed by atoms with van der Waals surface area (Å²) in [6.07, 6.45) is 0.654. The molecule has 0 aliphatic carbocycles. The van der Waals surface area contributed by atoms with E-state index in [9.17, 15) is 34.5 Å². The Morgan fingerprint density at radius 3 is 1.39 bits per heavy atom. The van der Waals surface area contributed by atoms with Crippen LogP contribution in [0.1, 0.15) is 6.42 Å². The van der Waals surface area contributed by atoms with Gasteiger partial charge in [0, 0.05) is 72.6 Å². The topological polar surface area (TPSA) is 172 Å². The number of carbonyl (C=O) groups is 4. The molecule has 1 rings (SSSR count). The van der Waals surface area contributed by atoms with Gasteiger partial charge in [0.1, 0.15) is 0 Å². The number of carboxylic acids is 3. The van der Waals surface area contributed by atoms with Crippen LogP contribution in [0, 0.1) is 0 Å². The molecule has 0 aromatic heterocycles. The molecule has 0 atom stereocenters. The zero-order valence-electron chi connectivity index (χ0n) is 21.1. The van der Waals surface area contributed by atoms with Crippen LogP contribution in [0.25, 0.3) is 0 Å². The molecule has 14 heteroatoms. The van der Waals surface area contributed by atoms with Gasteiger partial charge in [-0.15, -0.1) is 0 Å². The van der Waals surface area contributed by atoms with Gasteiger partial charge in [0.15, 0.2) is 0 Å². The molecule has 1 amide bonds. The molecule has 1 saturated heterocycles. The first-order chi connectivity index (χ1) is 17.2. The smallest absolute Gasteiger partial charge is 0.317 e. The minimum atomic E-state index is -1.00. The first-order valence-corrected chi connectivity index (χ1v) is 12.1. The number of nitrogens with one attached hydrogen (secondary N) is 1. The fraction of sp³-hybridized carbons (Fsp3) is 0.818. The predicted molar refractivity (Wildman–Crippen MR) is 129 cm³/mol. The van der Waals surface area contributed by atoms with Crippen molar-refractivity contribution in [3.63, 3.8) is 0 Å². The van der Waals surface area contributed by atoms with E-state index in [4.69, 9.17) is 9.47 Å². The van der Waals surface area contributed by atoms with Crippen LogP contribution in [0.4, 0.5) is 0 Å². The standard InChI is InChI=1S/C22H41N5O9/c1-35-13-14-36-12-2-3-23-19(28)15-24-4-6-25(16-20(29)30)8-10-27(18-22(33)34)11-9-26(7-5-24)17-21(31)32/h2-18H2,1H3,(H,23,28)(H,29,30)(H,31,32)(H,33,34). The number of hydrogen-bond donors (Lipinski definition) is 4. The summed E-state index contributed by atoms with van der Waals surface area (Å²) >= 11 is 0. The van der Waals surface area contributed by atoms with Crippen molar-refractivity contribution < 1.29 is 44.0 Å². The fourth-order valence-corrected chi connectivity index (χ4v) is 3.69. The highest BCUT2D eigenvalue weighted by Gasteiger charge is 2.21. The van der Waals surface area contributed by atoms with Crippen LogP contribution in [-0.4, -0.2) is 171 Å². The highest BCUT2D eigenvalue weighted by Crippen LogP contribution is 2.01. The first-order valence-electron chi connectivity index (χ1n) is 12.1. The summed E-state index contributed by atoms with van der Waals surface area (Å²) in [6, 6.07) is 0. The van der Waals surface area contributed by atoms with Gasteiger partial charge in [0.05, 0.1) is 39.4 Å². The molecule has 0 bridgehead atoms. The van der Waals surface area contributed by atoms with Crippen LogP contribution in [-0.2, 0) is 28.7 Å². The zero-order chi connectivity index (χ0) is 26.8. The Morgan fingerprint density at radius 1 is 0.639 bits per heavy atom. The Balaban J connectivity index is 2.74. The minimum Gasteiger partial charge on any atom is -0.480 e. The number of aliphatic carboxylic acids is 3. The molecule has 1 fully saturated rings. The van der Waals surface area contributed by atoms with E-state index in [1.807, 2.05) is 4.90 Å². The van der Waals surface area contributed by atoms with E-state index < -0.39 is 17.9 Å². The maximum absolute atomic E-state index is 12.5. The Hall–Kier alpha value is -2.36. The summed E-state index contributed by atoms with van der Waals surface area (Å²) in [5.74, 6) is -3.16. The van der Waals surface area contributed by atoms with Crippen molar-refractivity contribution in [1.29, 1.82) is 0 Å². The molecule has 0 spiro atoms. The summed E-state index contributed by atoms with van der Waals surface area (Å²) in [5, 5.41) is 30.6. The number of rotatable bonds is 15. The van der Waals surface area contributed by atoms with E-state index in [0.29, 0.717) is 85.1 Å². The number of ether oxygens (including phenoxy) is 2. The lowest BCUT2D eigenvalue weighted by atomic mass is 10.3. The predicted octanol–water partition coefficient (Wildman–Crippen LogP) is -2.37. The maximum atomic E-state index is 12.5. The number of nitrogens with zero attached hydrogens (tertiary/aromatic N) is 4. The van der Waals surface area contributed by atoms with Crippen molar-refractivity contribution in [3.05, 3.63) is 0 Å². The first kappa shape index (κ1) is 31.7. The number of carboxylic acid groups (broad SMARTS) is 3. The molecule has 36 heavy (non-hydrogen) atoms. The van der Waals surface area contributed by atoms with Gasteiger partial charge in [-0.2, -0.15) is 0 Å². The molecule has 0 unspecified atom stereocenters. The molecule has 1 aliphatic rings. The lowest BCUT2D eigenvalue weighted by Crippen LogP contribution is -2.49. The molecule has 14 nitrogen and oxygen atoms in total. The van der Waals surface area contributed by atoms with E-state index in [-0.39, 0.29) is 32.1 Å². The number of hydrogen-bond acceptors (Lipinski definition) is 10. The second-order valence-electron chi connectivity index (χ2n) is 8.59. The molecule has 0 saturated carbocycles. The van der Waals surface area contributed by atoms with Crippen molar-refractivity contribution in [2.75, 3.05) is 112 Å². The van der Waals surface area contributed by atoms with Crippen LogP contribution in [0.2, 0.25) is 0 Å². The third-order valence-electron chi connectivity index (χ3n) is 5.59. The van der Waals surface area contributed by atoms with E-state index in [0.717, 1.165) is 0 Å². The van der Waals surface area contributed by atoms with Crippen LogP contribution < -0.4 is 5.32 Å². The quantitative estimate of drug-likeness (QED) is 0.169. The van der Waals surface area contributed by atoms with Crippen molar-refractivity contribution >= 4 is 23.8 Å². The average molecular weight is 520 g/mol. The van der Waals surface area contributed by atoms with Gasteiger partial charge < -0.3 is 30.1 Å². The van der Waals surface area contributed by atoms with E-state index >= 15 is 0 Å². The summed E-state index contributed by atoms with van der Waals surface area (Å²) in [4.78, 5) is 53.4. The molecule has 0 aromatic rings. The molecule has 208 valence electrons. The number of carbonyl (C=O) groups excluding carboxylic acids is 1. The average Bonchev–Trinajstić information content (AvgIpc) is 2.79. The van der Waals surface area contributed by atoms with Crippen LogP contribution in [0.5, 0.6) is 0 Å². The van der Waals surface area contributed by atoms with Gasteiger partial charge in [-0.3, -0.25) is 38.8 Å². The fourth-order valence-electron chi connectivity index (χ4n) is 3.69. The molecule has 1 aliphatic heterocycles. The highest BCUT2D eigenvalue weighted by molar-refractivity contribution is 5.78. The van der Waals surface area contributed by atoms with Crippen LogP contribution in [0.3, 0.4) is 0 Å². The van der Waals surface area contributed by atoms with E-state index in [2.05, 4.69) is 5.32 Å². The minimum absolute atomic E-state index is 0.0947. The second-order valence-corrected chi connectivity index (χ2v) is 8.59. The molecule has 4 N–H and O–H groups in total. The Labute approximate surface area is 211 Å². The largest absolute Gasteiger partial charge is 0.480 e. The summed E-state index contributed by atoms with van der Waals surface area (Å²) in [7, 11) is 1.59. The number of methoxy groups -OCH3 is 1. The van der Waals surface area contributed by atoms with Gasteiger partial charge >= 0.3 is 17.9 Å². The summed E-state index contributed by atoms with van der Waals surface area (Å²) in [5.41, 5.74) is 0. The monoisotopic (exact) mass is 519 g/mol. The van der Waals surface area contributed by atoms with Crippen LogP contribution in [0.15, 0.2) is 0 Å². The van der Waals surface area contributed by atoms with E-state index in [1.54, 1.807) is 21.8 Å². The SMILES string of the molecule is COCCOCCCNC(=O)CN1CCN(CC(=O)O)CCN(CC(=O)O)CCN(CC(=O)O)CC1. The lowest BCUT2D eigenvalue weighted by Gasteiger charge is -2.32. The molecule has 1 heterocycles. The van der Waals surface area contributed by atoms with Crippen molar-refractivity contribution in [2.24, 2.45) is 0 Å². The number of amides is 1. The van der Waals surface area contributed by atoms with Gasteiger partial charge in [-0.25, -0.2) is 0 Å². The van der Waals surface area contributed by atoms with Gasteiger partial charge in [0.2, 0.25) is 5.91 Å². The van der Waals surface area contributed by atoms with Crippen molar-refractivity contribution in [3.8, 4) is 0 Å². The normalized spacial score (nSPS) is 17.7. The molecular formula is C22H41N5O9. The molecule has 0 aromatic carbocycles. The van der Waals surface area contributed by atoms with E-state index in [1.165, 1.54) is 0 Å². The van der Waals surface area contributed by atoms with Crippen molar-refractivity contribution in [2.45, 2.75) is 6.42 Å². The second kappa shape index (κ2) is 18.8. The Bertz CT molecular complexity index is 650. The van der Waals surface area contributed by atoms with Gasteiger partial charge in [0.25, 0.3) is 0 Å². The summed E-state index contributed by atoms with van der Waals surface area (Å²) < 4.78 is 10.3. The third kappa shape index (κ3) is 16.3. The van der Waals surface area contributed by atoms with Crippen molar-refractivity contribution in [1.82, 2.24) is 24.9 Å². The summed E-state index contributed by atoms with van der Waals surface area (Å²) in [6.45, 7) is 4.30. The Kier molecular flexibility index (Phi) is 16.6. The maximum Gasteiger partial charge on any atom is 0.317 e. The lowest BCUT2D eigenvalue weighted by molar-refractivity contribution is -0.140.